The summed E-state index contributed by atoms with van der Waals surface area (Å²) < 4.78 is 3.34. The normalized spacial score (nSPS) is 11.4. The van der Waals surface area contributed by atoms with Gasteiger partial charge in [-0.15, -0.1) is 0 Å². The molecule has 0 aliphatic carbocycles. The van der Waals surface area contributed by atoms with Gasteiger partial charge in [0.15, 0.2) is 0 Å². The molecule has 0 radical (unpaired) electrons. The molecule has 1 rings (SSSR count). The summed E-state index contributed by atoms with van der Waals surface area (Å²) in [6, 6.07) is 8.67. The van der Waals surface area contributed by atoms with Gasteiger partial charge in [-0.3, -0.25) is 0 Å². The monoisotopic (exact) mass is 277 g/mol. The SMILES string of the molecule is C/C=C\C(=C/C)NSc1cccc(C(C)C)c1.CC. The Kier molecular flexibility index (Phi) is 10.1. The zero-order valence-corrected chi connectivity index (χ0v) is 13.8. The summed E-state index contributed by atoms with van der Waals surface area (Å²) in [6.45, 7) is 12.5. The molecule has 1 aromatic carbocycles. The zero-order valence-electron chi connectivity index (χ0n) is 13.0. The van der Waals surface area contributed by atoms with Gasteiger partial charge < -0.3 is 4.72 Å². The minimum atomic E-state index is 0.576. The number of hydrogen-bond donors (Lipinski definition) is 1. The Balaban J connectivity index is 0.00000154. The summed E-state index contributed by atoms with van der Waals surface area (Å²) in [5.41, 5.74) is 2.51. The van der Waals surface area contributed by atoms with Gasteiger partial charge in [0.05, 0.1) is 0 Å². The van der Waals surface area contributed by atoms with Gasteiger partial charge in [-0.25, -0.2) is 0 Å². The van der Waals surface area contributed by atoms with E-state index < -0.39 is 0 Å². The maximum atomic E-state index is 3.34. The van der Waals surface area contributed by atoms with E-state index in [1.165, 1.54) is 10.5 Å². The lowest BCUT2D eigenvalue weighted by molar-refractivity contribution is 0.862. The predicted molar refractivity (Wildman–Crippen MR) is 89.4 cm³/mol. The Morgan fingerprint density at radius 1 is 1.21 bits per heavy atom. The van der Waals surface area contributed by atoms with Gasteiger partial charge in [0.1, 0.15) is 0 Å². The topological polar surface area (TPSA) is 12.0 Å². The largest absolute Gasteiger partial charge is 0.326 e. The van der Waals surface area contributed by atoms with Crippen LogP contribution in [0.5, 0.6) is 0 Å². The summed E-state index contributed by atoms with van der Waals surface area (Å²) in [5, 5.41) is 0. The lowest BCUT2D eigenvalue weighted by atomic mass is 10.0. The summed E-state index contributed by atoms with van der Waals surface area (Å²) in [7, 11) is 0. The Morgan fingerprint density at radius 2 is 1.89 bits per heavy atom. The molecule has 19 heavy (non-hydrogen) atoms. The van der Waals surface area contributed by atoms with Gasteiger partial charge in [-0.05, 0) is 55.5 Å². The third-order valence-corrected chi connectivity index (χ3v) is 3.30. The van der Waals surface area contributed by atoms with E-state index >= 15 is 0 Å². The molecule has 0 atom stereocenters. The molecule has 0 amide bonds. The minimum absolute atomic E-state index is 0.576. The lowest BCUT2D eigenvalue weighted by Gasteiger charge is -2.09. The van der Waals surface area contributed by atoms with Crippen molar-refractivity contribution in [2.24, 2.45) is 0 Å². The van der Waals surface area contributed by atoms with Gasteiger partial charge in [-0.1, -0.05) is 52.0 Å². The van der Waals surface area contributed by atoms with E-state index in [1.54, 1.807) is 11.9 Å². The van der Waals surface area contributed by atoms with Gasteiger partial charge in [0.25, 0.3) is 0 Å². The van der Waals surface area contributed by atoms with Crippen LogP contribution in [0.2, 0.25) is 0 Å². The number of rotatable bonds is 5. The van der Waals surface area contributed by atoms with Crippen LogP contribution < -0.4 is 4.72 Å². The van der Waals surface area contributed by atoms with Crippen molar-refractivity contribution < 1.29 is 0 Å². The van der Waals surface area contributed by atoms with Crippen molar-refractivity contribution in [2.45, 2.75) is 52.4 Å². The molecule has 0 heterocycles. The summed E-state index contributed by atoms with van der Waals surface area (Å²) >= 11 is 1.66. The molecular weight excluding hydrogens is 250 g/mol. The van der Waals surface area contributed by atoms with Crippen molar-refractivity contribution in [3.05, 3.63) is 53.8 Å². The molecule has 1 N–H and O–H groups in total. The second-order valence-electron chi connectivity index (χ2n) is 4.18. The molecule has 106 valence electrons. The van der Waals surface area contributed by atoms with Crippen molar-refractivity contribution in [1.29, 1.82) is 0 Å². The molecule has 2 heteroatoms. The molecule has 1 aromatic rings. The first kappa shape index (κ1) is 17.8. The average Bonchev–Trinajstić information content (AvgIpc) is 2.46. The third kappa shape index (κ3) is 7.12. The molecule has 0 aliphatic rings. The van der Waals surface area contributed by atoms with Crippen LogP contribution >= 0.6 is 11.9 Å². The molecule has 0 aliphatic heterocycles. The summed E-state index contributed by atoms with van der Waals surface area (Å²) in [5.74, 6) is 0.576. The van der Waals surface area contributed by atoms with E-state index in [9.17, 15) is 0 Å². The van der Waals surface area contributed by atoms with Crippen molar-refractivity contribution >= 4 is 11.9 Å². The molecular formula is C17H27NS. The van der Waals surface area contributed by atoms with Crippen LogP contribution in [0, 0.1) is 0 Å². The first-order valence-electron chi connectivity index (χ1n) is 6.99. The summed E-state index contributed by atoms with van der Waals surface area (Å²) in [4.78, 5) is 1.25. The van der Waals surface area contributed by atoms with Crippen molar-refractivity contribution in [3.63, 3.8) is 0 Å². The van der Waals surface area contributed by atoms with Crippen molar-refractivity contribution in [1.82, 2.24) is 4.72 Å². The second kappa shape index (κ2) is 10.7. The number of hydrogen-bond acceptors (Lipinski definition) is 2. The molecule has 0 spiro atoms. The van der Waals surface area contributed by atoms with Gasteiger partial charge >= 0.3 is 0 Å². The van der Waals surface area contributed by atoms with Crippen LogP contribution in [-0.4, -0.2) is 0 Å². The van der Waals surface area contributed by atoms with E-state index in [-0.39, 0.29) is 0 Å². The van der Waals surface area contributed by atoms with Crippen LogP contribution in [0.25, 0.3) is 0 Å². The zero-order chi connectivity index (χ0) is 14.7. The third-order valence-electron chi connectivity index (χ3n) is 2.47. The Labute approximate surface area is 123 Å². The quantitative estimate of drug-likeness (QED) is 0.530. The van der Waals surface area contributed by atoms with E-state index in [4.69, 9.17) is 0 Å². The van der Waals surface area contributed by atoms with Crippen LogP contribution in [-0.2, 0) is 0 Å². The fourth-order valence-corrected chi connectivity index (χ4v) is 2.19. The van der Waals surface area contributed by atoms with Crippen LogP contribution in [0.3, 0.4) is 0 Å². The fraction of sp³-hybridized carbons (Fsp3) is 0.412. The van der Waals surface area contributed by atoms with E-state index in [1.807, 2.05) is 33.8 Å². The number of nitrogens with one attached hydrogen (secondary N) is 1. The van der Waals surface area contributed by atoms with Crippen LogP contribution in [0.1, 0.15) is 53.0 Å². The highest BCUT2D eigenvalue weighted by Gasteiger charge is 2.00. The van der Waals surface area contributed by atoms with Gasteiger partial charge in [0.2, 0.25) is 0 Å². The van der Waals surface area contributed by atoms with Crippen molar-refractivity contribution in [3.8, 4) is 0 Å². The smallest absolute Gasteiger partial charge is 0.0397 e. The minimum Gasteiger partial charge on any atom is -0.326 e. The molecule has 0 unspecified atom stereocenters. The maximum Gasteiger partial charge on any atom is 0.0397 e. The molecule has 0 saturated heterocycles. The Bertz CT molecular complexity index is 405. The van der Waals surface area contributed by atoms with E-state index in [2.05, 4.69) is 55.0 Å². The van der Waals surface area contributed by atoms with Gasteiger partial charge in [-0.2, -0.15) is 0 Å². The van der Waals surface area contributed by atoms with Gasteiger partial charge in [0, 0.05) is 10.6 Å². The molecule has 0 fully saturated rings. The molecule has 0 bridgehead atoms. The number of benzene rings is 1. The first-order valence-corrected chi connectivity index (χ1v) is 7.80. The molecule has 0 aromatic heterocycles. The highest BCUT2D eigenvalue weighted by Crippen LogP contribution is 2.22. The first-order chi connectivity index (χ1) is 9.17. The highest BCUT2D eigenvalue weighted by molar-refractivity contribution is 7.97. The van der Waals surface area contributed by atoms with E-state index in [0.29, 0.717) is 5.92 Å². The Morgan fingerprint density at radius 3 is 2.42 bits per heavy atom. The standard InChI is InChI=1S/C15H21NS.C2H6/c1-5-8-14(6-2)16-17-15-10-7-9-13(11-15)12(3)4;1-2/h5-12,16H,1-4H3;1-2H3/b8-5-,14-6+;. The maximum absolute atomic E-state index is 3.34. The molecule has 0 saturated carbocycles. The summed E-state index contributed by atoms with van der Waals surface area (Å²) in [6.07, 6.45) is 6.17. The second-order valence-corrected chi connectivity index (χ2v) is 5.05. The van der Waals surface area contributed by atoms with Crippen LogP contribution in [0.4, 0.5) is 0 Å². The predicted octanol–water partition coefficient (Wildman–Crippen LogP) is 5.91. The highest BCUT2D eigenvalue weighted by atomic mass is 32.2. The average molecular weight is 277 g/mol. The number of allylic oxidation sites excluding steroid dienone is 3. The lowest BCUT2D eigenvalue weighted by Crippen LogP contribution is -2.00. The van der Waals surface area contributed by atoms with Crippen molar-refractivity contribution in [2.75, 3.05) is 0 Å². The van der Waals surface area contributed by atoms with Crippen LogP contribution in [0.15, 0.2) is 53.1 Å². The fourth-order valence-electron chi connectivity index (χ4n) is 1.42. The molecule has 1 nitrogen and oxygen atoms in total. The van der Waals surface area contributed by atoms with E-state index in [0.717, 1.165) is 5.70 Å². The Hall–Kier alpha value is -1.15.